The molecule has 0 amide bonds. The molecule has 0 atom stereocenters. The second kappa shape index (κ2) is 9.62. The van der Waals surface area contributed by atoms with E-state index in [4.69, 9.17) is 9.15 Å². The number of rotatable bonds is 3. The molecule has 4 nitrogen and oxygen atoms in total. The van der Waals surface area contributed by atoms with Gasteiger partial charge in [-0.15, -0.1) is 0 Å². The molecular weight excluding hydrogens is 336 g/mol. The molecule has 0 aliphatic rings. The highest BCUT2D eigenvalue weighted by atomic mass is 16.5. The maximum absolute atomic E-state index is 5.71. The number of benzene rings is 1. The predicted octanol–water partition coefficient (Wildman–Crippen LogP) is 6.86. The molecule has 0 aliphatic heterocycles. The Morgan fingerprint density at radius 1 is 0.963 bits per heavy atom. The zero-order chi connectivity index (χ0) is 19.8. The maximum Gasteiger partial charge on any atom is 0.137 e. The lowest BCUT2D eigenvalue weighted by molar-refractivity contribution is 0.416. The van der Waals surface area contributed by atoms with Gasteiger partial charge in [0.15, 0.2) is 0 Å². The second-order valence-corrected chi connectivity index (χ2v) is 5.43. The number of H-pyrrole nitrogens is 1. The SMILES string of the molecule is CC.CC.COc1ccccc1-c1c[nH]c2ncc(-c3ccc(C)o3)cc12. The molecule has 0 unspecified atom stereocenters. The van der Waals surface area contributed by atoms with Gasteiger partial charge in [0.05, 0.1) is 7.11 Å². The molecule has 142 valence electrons. The topological polar surface area (TPSA) is 51.0 Å². The van der Waals surface area contributed by atoms with Gasteiger partial charge in [-0.3, -0.25) is 0 Å². The number of fused-ring (bicyclic) bond motifs is 1. The van der Waals surface area contributed by atoms with E-state index in [1.165, 1.54) is 0 Å². The Balaban J connectivity index is 0.000000614. The molecule has 0 bridgehead atoms. The number of hydrogen-bond acceptors (Lipinski definition) is 3. The fourth-order valence-corrected chi connectivity index (χ4v) is 2.82. The highest BCUT2D eigenvalue weighted by Gasteiger charge is 2.13. The summed E-state index contributed by atoms with van der Waals surface area (Å²) < 4.78 is 11.2. The van der Waals surface area contributed by atoms with Gasteiger partial charge < -0.3 is 14.1 Å². The molecule has 1 N–H and O–H groups in total. The Hall–Kier alpha value is -3.01. The molecule has 27 heavy (non-hydrogen) atoms. The van der Waals surface area contributed by atoms with Crippen molar-refractivity contribution in [2.24, 2.45) is 0 Å². The number of para-hydroxylation sites is 1. The van der Waals surface area contributed by atoms with Crippen LogP contribution in [0.1, 0.15) is 33.5 Å². The van der Waals surface area contributed by atoms with Gasteiger partial charge in [-0.1, -0.05) is 45.9 Å². The molecule has 0 spiro atoms. The number of nitrogens with zero attached hydrogens (tertiary/aromatic N) is 1. The quantitative estimate of drug-likeness (QED) is 0.432. The van der Waals surface area contributed by atoms with Crippen LogP contribution in [0, 0.1) is 6.92 Å². The lowest BCUT2D eigenvalue weighted by Gasteiger charge is -2.07. The van der Waals surface area contributed by atoms with E-state index in [2.05, 4.69) is 16.0 Å². The molecule has 4 aromatic rings. The third-order valence-corrected chi connectivity index (χ3v) is 3.95. The second-order valence-electron chi connectivity index (χ2n) is 5.43. The Morgan fingerprint density at radius 3 is 2.37 bits per heavy atom. The average molecular weight is 364 g/mol. The molecule has 0 saturated heterocycles. The van der Waals surface area contributed by atoms with Gasteiger partial charge in [-0.25, -0.2) is 4.98 Å². The molecule has 3 heterocycles. The van der Waals surface area contributed by atoms with Crippen molar-refractivity contribution in [3.63, 3.8) is 0 Å². The first-order valence-corrected chi connectivity index (χ1v) is 9.43. The molecule has 0 radical (unpaired) electrons. The number of nitrogens with one attached hydrogen (secondary N) is 1. The largest absolute Gasteiger partial charge is 0.496 e. The van der Waals surface area contributed by atoms with Crippen LogP contribution >= 0.6 is 0 Å². The van der Waals surface area contributed by atoms with E-state index in [0.29, 0.717) is 0 Å². The predicted molar refractivity (Wildman–Crippen MR) is 113 cm³/mol. The number of aromatic nitrogens is 2. The van der Waals surface area contributed by atoms with Crippen molar-refractivity contribution in [2.45, 2.75) is 34.6 Å². The lowest BCUT2D eigenvalue weighted by atomic mass is 10.0. The number of pyridine rings is 1. The normalized spacial score (nSPS) is 9.85. The summed E-state index contributed by atoms with van der Waals surface area (Å²) in [5.74, 6) is 2.55. The molecular formula is C23H28N2O2. The van der Waals surface area contributed by atoms with Crippen LogP contribution in [0.2, 0.25) is 0 Å². The summed E-state index contributed by atoms with van der Waals surface area (Å²) in [5.41, 5.74) is 3.91. The van der Waals surface area contributed by atoms with Crippen molar-refractivity contribution in [3.05, 3.63) is 60.6 Å². The van der Waals surface area contributed by atoms with E-state index in [1.54, 1.807) is 7.11 Å². The fraction of sp³-hybridized carbons (Fsp3) is 0.261. The number of hydrogen-bond donors (Lipinski definition) is 1. The van der Waals surface area contributed by atoms with Crippen molar-refractivity contribution in [2.75, 3.05) is 7.11 Å². The van der Waals surface area contributed by atoms with Gasteiger partial charge in [0, 0.05) is 34.5 Å². The number of aromatic amines is 1. The summed E-state index contributed by atoms with van der Waals surface area (Å²) in [5, 5.41) is 1.04. The lowest BCUT2D eigenvalue weighted by Crippen LogP contribution is -1.87. The van der Waals surface area contributed by atoms with Crippen molar-refractivity contribution in [1.29, 1.82) is 0 Å². The first-order chi connectivity index (χ1) is 13.3. The zero-order valence-electron chi connectivity index (χ0n) is 17.0. The van der Waals surface area contributed by atoms with Crippen LogP contribution in [0.15, 0.2) is 59.3 Å². The van der Waals surface area contributed by atoms with Gasteiger partial charge in [0.1, 0.15) is 22.9 Å². The van der Waals surface area contributed by atoms with Crippen LogP contribution in [0.3, 0.4) is 0 Å². The third kappa shape index (κ3) is 4.22. The minimum Gasteiger partial charge on any atom is -0.496 e. The summed E-state index contributed by atoms with van der Waals surface area (Å²) >= 11 is 0. The number of methoxy groups -OCH3 is 1. The number of aryl methyl sites for hydroxylation is 1. The van der Waals surface area contributed by atoms with Gasteiger partial charge in [-0.2, -0.15) is 0 Å². The van der Waals surface area contributed by atoms with Crippen LogP contribution in [0.25, 0.3) is 33.5 Å². The van der Waals surface area contributed by atoms with Crippen molar-refractivity contribution >= 4 is 11.0 Å². The molecule has 4 heteroatoms. The number of furan rings is 1. The first-order valence-electron chi connectivity index (χ1n) is 9.43. The van der Waals surface area contributed by atoms with Crippen LogP contribution in [-0.2, 0) is 0 Å². The molecule has 0 fully saturated rings. The average Bonchev–Trinajstić information content (AvgIpc) is 3.36. The molecule has 0 aliphatic carbocycles. The minimum absolute atomic E-state index is 0.823. The van der Waals surface area contributed by atoms with E-state index in [0.717, 1.165) is 45.0 Å². The third-order valence-electron chi connectivity index (χ3n) is 3.95. The van der Waals surface area contributed by atoms with Crippen molar-refractivity contribution in [3.8, 4) is 28.2 Å². The first kappa shape index (κ1) is 20.3. The van der Waals surface area contributed by atoms with Gasteiger partial charge in [0.2, 0.25) is 0 Å². The minimum atomic E-state index is 0.823. The number of ether oxygens (including phenoxy) is 1. The Bertz CT molecular complexity index is 983. The standard InChI is InChI=1S/C19H16N2O2.2C2H6/c1-12-7-8-17(23-12)13-9-15-16(11-21-19(15)20-10-13)14-5-3-4-6-18(14)22-2;2*1-2/h3-11H,1-2H3,(H,20,21);2*1-2H3. The summed E-state index contributed by atoms with van der Waals surface area (Å²) in [4.78, 5) is 7.74. The van der Waals surface area contributed by atoms with Gasteiger partial charge in [-0.05, 0) is 31.2 Å². The van der Waals surface area contributed by atoms with E-state index >= 15 is 0 Å². The van der Waals surface area contributed by atoms with Gasteiger partial charge in [0.25, 0.3) is 0 Å². The van der Waals surface area contributed by atoms with Crippen LogP contribution < -0.4 is 4.74 Å². The highest BCUT2D eigenvalue weighted by molar-refractivity contribution is 5.96. The summed E-state index contributed by atoms with van der Waals surface area (Å²) in [6.45, 7) is 9.94. The molecule has 4 rings (SSSR count). The molecule has 1 aromatic carbocycles. The van der Waals surface area contributed by atoms with E-state index < -0.39 is 0 Å². The summed E-state index contributed by atoms with van der Waals surface area (Å²) in [6.07, 6.45) is 3.79. The summed E-state index contributed by atoms with van der Waals surface area (Å²) in [7, 11) is 1.68. The molecule has 0 saturated carbocycles. The maximum atomic E-state index is 5.71. The Kier molecular flexibility index (Phi) is 7.24. The van der Waals surface area contributed by atoms with Crippen molar-refractivity contribution in [1.82, 2.24) is 9.97 Å². The van der Waals surface area contributed by atoms with E-state index in [-0.39, 0.29) is 0 Å². The Morgan fingerprint density at radius 2 is 1.70 bits per heavy atom. The van der Waals surface area contributed by atoms with Gasteiger partial charge >= 0.3 is 0 Å². The molecule has 3 aromatic heterocycles. The van der Waals surface area contributed by atoms with E-state index in [9.17, 15) is 0 Å². The smallest absolute Gasteiger partial charge is 0.137 e. The zero-order valence-corrected chi connectivity index (χ0v) is 17.0. The Labute approximate surface area is 161 Å². The van der Waals surface area contributed by atoms with Crippen LogP contribution in [0.5, 0.6) is 5.75 Å². The highest BCUT2D eigenvalue weighted by Crippen LogP contribution is 2.36. The van der Waals surface area contributed by atoms with Crippen molar-refractivity contribution < 1.29 is 9.15 Å². The van der Waals surface area contributed by atoms with Crippen LogP contribution in [0.4, 0.5) is 0 Å². The summed E-state index contributed by atoms with van der Waals surface area (Å²) in [6, 6.07) is 14.0. The van der Waals surface area contributed by atoms with E-state index in [1.807, 2.05) is 83.4 Å². The monoisotopic (exact) mass is 364 g/mol. The van der Waals surface area contributed by atoms with Crippen LogP contribution in [-0.4, -0.2) is 17.1 Å². The fourth-order valence-electron chi connectivity index (χ4n) is 2.82.